The Morgan fingerprint density at radius 2 is 0.745 bits per heavy atom. The summed E-state index contributed by atoms with van der Waals surface area (Å²) in [5.74, 6) is 0. The molecule has 2 heterocycles. The van der Waals surface area contributed by atoms with Gasteiger partial charge in [-0.25, -0.2) is 4.98 Å². The molecule has 0 unspecified atom stereocenters. The Labute approximate surface area is 318 Å². The summed E-state index contributed by atoms with van der Waals surface area (Å²) in [4.78, 5) is 10.1. The van der Waals surface area contributed by atoms with Crippen LogP contribution >= 0.6 is 0 Å². The highest BCUT2D eigenvalue weighted by Gasteiger charge is 2.14. The van der Waals surface area contributed by atoms with Crippen molar-refractivity contribution in [3.05, 3.63) is 200 Å². The van der Waals surface area contributed by atoms with Gasteiger partial charge in [-0.2, -0.15) is 0 Å². The first kappa shape index (κ1) is 31.2. The Morgan fingerprint density at radius 3 is 1.31 bits per heavy atom. The smallest absolute Gasteiger partial charge is 0.0979 e. The Kier molecular flexibility index (Phi) is 7.17. The van der Waals surface area contributed by atoms with E-state index in [4.69, 9.17) is 9.97 Å². The molecule has 0 fully saturated rings. The number of rotatable bonds is 5. The number of hydrogen-bond acceptors (Lipinski definition) is 2. The average Bonchev–Trinajstić information content (AvgIpc) is 3.61. The van der Waals surface area contributed by atoms with E-state index in [2.05, 4.69) is 199 Å². The molecule has 0 aliphatic carbocycles. The molecule has 0 amide bonds. The molecule has 0 bridgehead atoms. The lowest BCUT2D eigenvalue weighted by Crippen LogP contribution is -1.94. The fourth-order valence-corrected chi connectivity index (χ4v) is 8.35. The van der Waals surface area contributed by atoms with Crippen molar-refractivity contribution >= 4 is 54.4 Å². The first-order valence-corrected chi connectivity index (χ1v) is 18.7. The maximum Gasteiger partial charge on any atom is 0.0979 e. The van der Waals surface area contributed by atoms with E-state index in [1.807, 2.05) is 6.20 Å². The highest BCUT2D eigenvalue weighted by molar-refractivity contribution is 6.23. The first-order valence-electron chi connectivity index (χ1n) is 18.7. The monoisotopic (exact) mass is 699 g/mol. The van der Waals surface area contributed by atoms with Gasteiger partial charge in [-0.15, -0.1) is 0 Å². The number of fused-ring (bicyclic) bond motifs is 9. The van der Waals surface area contributed by atoms with Crippen molar-refractivity contribution in [1.29, 1.82) is 0 Å². The topological polar surface area (TPSA) is 30.7 Å². The SMILES string of the molecule is c1cc(-c2ccc(-c3cccc(-n4c5ccccc5c5ccccc54)c3)cc2)cc(-c2ccc(-c3cnc4c5ccccc5c5ccccc5c4n3)cc2)c1. The van der Waals surface area contributed by atoms with Crippen LogP contribution in [0.1, 0.15) is 0 Å². The summed E-state index contributed by atoms with van der Waals surface area (Å²) in [6.07, 6.45) is 1.91. The minimum absolute atomic E-state index is 0.869. The second kappa shape index (κ2) is 12.6. The van der Waals surface area contributed by atoms with Gasteiger partial charge < -0.3 is 4.57 Å². The maximum atomic E-state index is 5.19. The summed E-state index contributed by atoms with van der Waals surface area (Å²) < 4.78 is 2.37. The molecule has 9 aromatic carbocycles. The molecular weight excluding hydrogens is 667 g/mol. The molecule has 11 rings (SSSR count). The van der Waals surface area contributed by atoms with Gasteiger partial charge in [-0.05, 0) is 74.5 Å². The minimum Gasteiger partial charge on any atom is -0.309 e. The third-order valence-electron chi connectivity index (χ3n) is 11.0. The van der Waals surface area contributed by atoms with Gasteiger partial charge in [0.15, 0.2) is 0 Å². The maximum absolute atomic E-state index is 5.19. The lowest BCUT2D eigenvalue weighted by molar-refractivity contribution is 1.18. The molecule has 0 aliphatic rings. The molecule has 0 saturated carbocycles. The second-order valence-electron chi connectivity index (χ2n) is 14.2. The van der Waals surface area contributed by atoms with Crippen LogP contribution in [-0.2, 0) is 0 Å². The minimum atomic E-state index is 0.869. The van der Waals surface area contributed by atoms with Crippen molar-refractivity contribution < 1.29 is 0 Å². The number of para-hydroxylation sites is 2. The highest BCUT2D eigenvalue weighted by Crippen LogP contribution is 2.36. The van der Waals surface area contributed by atoms with Crippen LogP contribution in [0.2, 0.25) is 0 Å². The molecule has 2 aromatic heterocycles. The lowest BCUT2D eigenvalue weighted by atomic mass is 9.96. The number of aromatic nitrogens is 3. The van der Waals surface area contributed by atoms with E-state index >= 15 is 0 Å². The van der Waals surface area contributed by atoms with Gasteiger partial charge in [0.25, 0.3) is 0 Å². The fraction of sp³-hybridized carbons (Fsp3) is 0. The average molecular weight is 700 g/mol. The van der Waals surface area contributed by atoms with E-state index in [0.29, 0.717) is 0 Å². The van der Waals surface area contributed by atoms with Gasteiger partial charge in [-0.3, -0.25) is 4.98 Å². The van der Waals surface area contributed by atoms with Crippen LogP contribution in [0.3, 0.4) is 0 Å². The van der Waals surface area contributed by atoms with Crippen molar-refractivity contribution in [2.24, 2.45) is 0 Å². The zero-order chi connectivity index (χ0) is 36.3. The summed E-state index contributed by atoms with van der Waals surface area (Å²) in [6.45, 7) is 0. The summed E-state index contributed by atoms with van der Waals surface area (Å²) >= 11 is 0. The Morgan fingerprint density at radius 1 is 0.309 bits per heavy atom. The van der Waals surface area contributed by atoms with Gasteiger partial charge in [0.05, 0.1) is 34.0 Å². The predicted molar refractivity (Wildman–Crippen MR) is 231 cm³/mol. The number of benzene rings is 9. The largest absolute Gasteiger partial charge is 0.309 e. The van der Waals surface area contributed by atoms with Gasteiger partial charge in [-0.1, -0.05) is 164 Å². The van der Waals surface area contributed by atoms with Crippen molar-refractivity contribution in [3.63, 3.8) is 0 Å². The van der Waals surface area contributed by atoms with Crippen LogP contribution in [0.15, 0.2) is 200 Å². The van der Waals surface area contributed by atoms with Crippen LogP contribution in [-0.4, -0.2) is 14.5 Å². The highest BCUT2D eigenvalue weighted by atomic mass is 15.0. The van der Waals surface area contributed by atoms with Gasteiger partial charge in [0.1, 0.15) is 0 Å². The van der Waals surface area contributed by atoms with E-state index in [1.165, 1.54) is 60.4 Å². The summed E-state index contributed by atoms with van der Waals surface area (Å²) in [5, 5.41) is 7.20. The van der Waals surface area contributed by atoms with Crippen molar-refractivity contribution in [2.45, 2.75) is 0 Å². The van der Waals surface area contributed by atoms with Crippen LogP contribution in [0, 0.1) is 0 Å². The molecule has 0 aliphatic heterocycles. The number of hydrogen-bond donors (Lipinski definition) is 0. The summed E-state index contributed by atoms with van der Waals surface area (Å²) in [7, 11) is 0. The normalized spacial score (nSPS) is 11.6. The van der Waals surface area contributed by atoms with Gasteiger partial charge >= 0.3 is 0 Å². The molecule has 256 valence electrons. The molecule has 11 aromatic rings. The second-order valence-corrected chi connectivity index (χ2v) is 14.2. The van der Waals surface area contributed by atoms with E-state index in [0.717, 1.165) is 44.3 Å². The molecule has 55 heavy (non-hydrogen) atoms. The van der Waals surface area contributed by atoms with Gasteiger partial charge in [0, 0.05) is 32.8 Å². The van der Waals surface area contributed by atoms with E-state index in [-0.39, 0.29) is 0 Å². The van der Waals surface area contributed by atoms with Gasteiger partial charge in [0.2, 0.25) is 0 Å². The van der Waals surface area contributed by atoms with Crippen LogP contribution in [0.5, 0.6) is 0 Å². The lowest BCUT2D eigenvalue weighted by Gasteiger charge is -2.11. The Hall–Kier alpha value is -7.36. The molecule has 0 atom stereocenters. The van der Waals surface area contributed by atoms with E-state index < -0.39 is 0 Å². The molecule has 0 spiro atoms. The summed E-state index contributed by atoms with van der Waals surface area (Å²) in [6, 6.07) is 69.6. The van der Waals surface area contributed by atoms with Crippen LogP contribution in [0.25, 0.3) is 105 Å². The van der Waals surface area contributed by atoms with Crippen LogP contribution < -0.4 is 0 Å². The molecular formula is C52H33N3. The van der Waals surface area contributed by atoms with E-state index in [9.17, 15) is 0 Å². The molecule has 3 heteroatoms. The molecule has 0 saturated heterocycles. The molecule has 0 N–H and O–H groups in total. The molecule has 0 radical (unpaired) electrons. The zero-order valence-corrected chi connectivity index (χ0v) is 29.9. The third kappa shape index (κ3) is 5.20. The predicted octanol–water partition coefficient (Wildman–Crippen LogP) is 13.7. The summed E-state index contributed by atoms with van der Waals surface area (Å²) in [5.41, 5.74) is 14.5. The third-order valence-corrected chi connectivity index (χ3v) is 11.0. The van der Waals surface area contributed by atoms with Crippen molar-refractivity contribution in [1.82, 2.24) is 14.5 Å². The zero-order valence-electron chi connectivity index (χ0n) is 29.9. The Bertz CT molecular complexity index is 3160. The van der Waals surface area contributed by atoms with Crippen molar-refractivity contribution in [2.75, 3.05) is 0 Å². The molecule has 3 nitrogen and oxygen atoms in total. The number of nitrogens with zero attached hydrogens (tertiary/aromatic N) is 3. The standard InChI is InChI=1S/C52H33N3/c1-3-19-46-42(15-1)43-16-2-4-20-47(43)52-51(46)53-33-48(54-52)37-29-27-35(28-30-37)39-12-9-11-38(31-39)34-23-25-36(26-24-34)40-13-10-14-41(32-40)55-49-21-7-5-17-44(49)45-18-6-8-22-50(45)55/h1-33H. The van der Waals surface area contributed by atoms with Crippen LogP contribution in [0.4, 0.5) is 0 Å². The van der Waals surface area contributed by atoms with Crippen molar-refractivity contribution in [3.8, 4) is 50.3 Å². The van der Waals surface area contributed by atoms with E-state index in [1.54, 1.807) is 0 Å². The Balaban J connectivity index is 0.884. The fourth-order valence-electron chi connectivity index (χ4n) is 8.35. The first-order chi connectivity index (χ1) is 27.3. The quantitative estimate of drug-likeness (QED) is 0.167.